The van der Waals surface area contributed by atoms with Gasteiger partial charge in [0.05, 0.1) is 11.3 Å². The monoisotopic (exact) mass is 239 g/mol. The lowest BCUT2D eigenvalue weighted by Crippen LogP contribution is -2.21. The van der Waals surface area contributed by atoms with Crippen molar-refractivity contribution in [2.24, 2.45) is 0 Å². The van der Waals surface area contributed by atoms with E-state index in [0.29, 0.717) is 0 Å². The van der Waals surface area contributed by atoms with E-state index in [9.17, 15) is 4.39 Å². The molecule has 96 valence electrons. The van der Waals surface area contributed by atoms with Crippen LogP contribution in [0, 0.1) is 6.92 Å². The number of halogens is 1. The van der Waals surface area contributed by atoms with Gasteiger partial charge in [0.2, 0.25) is 0 Å². The highest BCUT2D eigenvalue weighted by Crippen LogP contribution is 2.45. The largest absolute Gasteiger partial charge is 0.358 e. The Balaban J connectivity index is 0.000000686. The summed E-state index contributed by atoms with van der Waals surface area (Å²) in [6.45, 7) is 9.59. The van der Waals surface area contributed by atoms with Gasteiger partial charge in [-0.1, -0.05) is 20.8 Å². The van der Waals surface area contributed by atoms with Gasteiger partial charge in [-0.25, -0.2) is 4.39 Å². The molecule has 0 N–H and O–H groups in total. The molecule has 0 bridgehead atoms. The molecule has 2 nitrogen and oxygen atoms in total. The van der Waals surface area contributed by atoms with E-state index in [1.54, 1.807) is 6.20 Å². The Morgan fingerprint density at radius 2 is 2.12 bits per heavy atom. The first-order valence-corrected chi connectivity index (χ1v) is 6.32. The summed E-state index contributed by atoms with van der Waals surface area (Å²) in [5, 5.41) is 0. The Bertz CT molecular complexity index is 380. The smallest absolute Gasteiger partial charge is 0.129 e. The van der Waals surface area contributed by atoms with Crippen LogP contribution in [0.15, 0.2) is 12.3 Å². The summed E-state index contributed by atoms with van der Waals surface area (Å²) in [4.78, 5) is 4.25. The average Bonchev–Trinajstić information content (AvgIpc) is 2.67. The number of alkyl halides is 1. The Morgan fingerprint density at radius 3 is 2.65 bits per heavy atom. The van der Waals surface area contributed by atoms with Crippen molar-refractivity contribution in [3.63, 3.8) is 0 Å². The van der Waals surface area contributed by atoms with Crippen LogP contribution in [0.2, 0.25) is 0 Å². The lowest BCUT2D eigenvalue weighted by Gasteiger charge is -2.24. The third-order valence-electron chi connectivity index (χ3n) is 3.24. The SMILES string of the molecule is CC.CCC1(C)OC(CF)c2nccc(C)c21. The molecule has 1 aliphatic heterocycles. The predicted molar refractivity (Wildman–Crippen MR) is 67.8 cm³/mol. The maximum atomic E-state index is 12.8. The van der Waals surface area contributed by atoms with Crippen molar-refractivity contribution in [1.29, 1.82) is 0 Å². The third kappa shape index (κ3) is 2.34. The van der Waals surface area contributed by atoms with Gasteiger partial charge < -0.3 is 4.74 Å². The lowest BCUT2D eigenvalue weighted by molar-refractivity contribution is -0.0755. The second-order valence-corrected chi connectivity index (χ2v) is 4.23. The van der Waals surface area contributed by atoms with Gasteiger partial charge in [-0.15, -0.1) is 0 Å². The zero-order valence-corrected chi connectivity index (χ0v) is 11.4. The van der Waals surface area contributed by atoms with Gasteiger partial charge in [0, 0.05) is 11.8 Å². The predicted octanol–water partition coefficient (Wildman–Crippen LogP) is 4.08. The summed E-state index contributed by atoms with van der Waals surface area (Å²) in [6, 6.07) is 1.96. The van der Waals surface area contributed by atoms with E-state index < -0.39 is 12.8 Å². The molecular weight excluding hydrogens is 217 g/mol. The zero-order valence-electron chi connectivity index (χ0n) is 11.4. The quantitative estimate of drug-likeness (QED) is 0.775. The standard InChI is InChI=1S/C12H16FNO.C2H6/c1-4-12(3)10-8(2)5-6-14-11(10)9(7-13)15-12;1-2/h5-6,9H,4,7H2,1-3H3;1-2H3. The van der Waals surface area contributed by atoms with Crippen molar-refractivity contribution in [3.05, 3.63) is 29.1 Å². The van der Waals surface area contributed by atoms with Crippen molar-refractivity contribution in [2.75, 3.05) is 6.67 Å². The maximum Gasteiger partial charge on any atom is 0.129 e. The van der Waals surface area contributed by atoms with Crippen LogP contribution in [0.5, 0.6) is 0 Å². The van der Waals surface area contributed by atoms with Crippen molar-refractivity contribution in [3.8, 4) is 0 Å². The van der Waals surface area contributed by atoms with Crippen LogP contribution in [-0.4, -0.2) is 11.7 Å². The van der Waals surface area contributed by atoms with Crippen LogP contribution in [0.3, 0.4) is 0 Å². The summed E-state index contributed by atoms with van der Waals surface area (Å²) < 4.78 is 18.6. The first-order chi connectivity index (χ1) is 8.12. The molecule has 2 rings (SSSR count). The normalized spacial score (nSPS) is 26.1. The van der Waals surface area contributed by atoms with Gasteiger partial charge in [-0.3, -0.25) is 4.98 Å². The maximum absolute atomic E-state index is 12.8. The third-order valence-corrected chi connectivity index (χ3v) is 3.24. The molecule has 0 amide bonds. The molecule has 0 spiro atoms. The number of pyridine rings is 1. The van der Waals surface area contributed by atoms with E-state index in [1.165, 1.54) is 0 Å². The average molecular weight is 239 g/mol. The minimum absolute atomic E-state index is 0.371. The summed E-state index contributed by atoms with van der Waals surface area (Å²) in [7, 11) is 0. The van der Waals surface area contributed by atoms with Gasteiger partial charge in [0.25, 0.3) is 0 Å². The second-order valence-electron chi connectivity index (χ2n) is 4.23. The summed E-state index contributed by atoms with van der Waals surface area (Å²) in [6.07, 6.45) is 2.08. The number of hydrogen-bond acceptors (Lipinski definition) is 2. The van der Waals surface area contributed by atoms with Crippen molar-refractivity contribution in [2.45, 2.75) is 52.7 Å². The molecule has 0 aliphatic carbocycles. The molecular formula is C14H22FNO. The molecule has 0 saturated carbocycles. The number of aromatic nitrogens is 1. The highest BCUT2D eigenvalue weighted by atomic mass is 19.1. The van der Waals surface area contributed by atoms with Crippen molar-refractivity contribution < 1.29 is 9.13 Å². The van der Waals surface area contributed by atoms with Crippen LogP contribution in [0.1, 0.15) is 57.0 Å². The number of rotatable bonds is 2. The molecule has 3 heteroatoms. The Labute approximate surface area is 103 Å². The van der Waals surface area contributed by atoms with Crippen LogP contribution in [-0.2, 0) is 10.3 Å². The summed E-state index contributed by atoms with van der Waals surface area (Å²) >= 11 is 0. The van der Waals surface area contributed by atoms with Crippen LogP contribution < -0.4 is 0 Å². The molecule has 2 unspecified atom stereocenters. The van der Waals surface area contributed by atoms with Crippen molar-refractivity contribution in [1.82, 2.24) is 4.98 Å². The topological polar surface area (TPSA) is 22.1 Å². The van der Waals surface area contributed by atoms with E-state index in [-0.39, 0.29) is 5.60 Å². The van der Waals surface area contributed by atoms with E-state index >= 15 is 0 Å². The highest BCUT2D eigenvalue weighted by Gasteiger charge is 2.42. The molecule has 0 aromatic carbocycles. The Kier molecular flexibility index (Phi) is 4.63. The summed E-state index contributed by atoms with van der Waals surface area (Å²) in [5.41, 5.74) is 2.63. The fourth-order valence-electron chi connectivity index (χ4n) is 2.30. The van der Waals surface area contributed by atoms with Crippen LogP contribution in [0.25, 0.3) is 0 Å². The molecule has 1 aromatic heterocycles. The minimum Gasteiger partial charge on any atom is -0.358 e. The Morgan fingerprint density at radius 1 is 1.47 bits per heavy atom. The molecule has 1 aromatic rings. The van der Waals surface area contributed by atoms with Gasteiger partial charge in [0.1, 0.15) is 12.8 Å². The van der Waals surface area contributed by atoms with Crippen LogP contribution in [0.4, 0.5) is 4.39 Å². The molecule has 17 heavy (non-hydrogen) atoms. The van der Waals surface area contributed by atoms with E-state index in [0.717, 1.165) is 23.2 Å². The molecule has 0 saturated heterocycles. The molecule has 0 radical (unpaired) electrons. The fourth-order valence-corrected chi connectivity index (χ4v) is 2.30. The van der Waals surface area contributed by atoms with Gasteiger partial charge in [-0.2, -0.15) is 0 Å². The fraction of sp³-hybridized carbons (Fsp3) is 0.643. The van der Waals surface area contributed by atoms with Crippen molar-refractivity contribution >= 4 is 0 Å². The lowest BCUT2D eigenvalue weighted by atomic mass is 9.90. The van der Waals surface area contributed by atoms with Gasteiger partial charge >= 0.3 is 0 Å². The first-order valence-electron chi connectivity index (χ1n) is 6.32. The van der Waals surface area contributed by atoms with E-state index in [4.69, 9.17) is 4.74 Å². The molecule has 1 aliphatic rings. The van der Waals surface area contributed by atoms with Gasteiger partial charge in [-0.05, 0) is 31.9 Å². The highest BCUT2D eigenvalue weighted by molar-refractivity contribution is 5.38. The second kappa shape index (κ2) is 5.58. The number of ether oxygens (including phenoxy) is 1. The first kappa shape index (κ1) is 14.1. The number of hydrogen-bond donors (Lipinski definition) is 0. The molecule has 0 fully saturated rings. The number of aryl methyl sites for hydroxylation is 1. The minimum atomic E-state index is -0.501. The van der Waals surface area contributed by atoms with Crippen LogP contribution >= 0.6 is 0 Å². The molecule has 2 atom stereocenters. The molecule has 2 heterocycles. The van der Waals surface area contributed by atoms with E-state index in [1.807, 2.05) is 33.8 Å². The van der Waals surface area contributed by atoms with Gasteiger partial charge in [0.15, 0.2) is 0 Å². The Hall–Kier alpha value is -0.960. The zero-order chi connectivity index (χ0) is 13.1. The van der Waals surface area contributed by atoms with E-state index in [2.05, 4.69) is 11.9 Å². The summed E-state index contributed by atoms with van der Waals surface area (Å²) in [5.74, 6) is 0. The number of nitrogens with zero attached hydrogens (tertiary/aromatic N) is 1. The number of fused-ring (bicyclic) bond motifs is 1.